The Hall–Kier alpha value is -3.65. The molecule has 1 aliphatic carbocycles. The molecule has 1 aromatic heterocycles. The number of nitrogens with one attached hydrogen (secondary N) is 2. The Morgan fingerprint density at radius 3 is 2.72 bits per heavy atom. The Labute approximate surface area is 185 Å². The molecule has 2 aromatic carbocycles. The molecule has 3 atom stereocenters. The third kappa shape index (κ3) is 4.09. The van der Waals surface area contributed by atoms with Crippen molar-refractivity contribution in [1.82, 2.24) is 15.2 Å². The number of aliphatic hydroxyl groups excluding tert-OH is 1. The number of aromatic amines is 1. The highest BCUT2D eigenvalue weighted by atomic mass is 16.3. The lowest BCUT2D eigenvalue weighted by Gasteiger charge is -2.32. The van der Waals surface area contributed by atoms with Gasteiger partial charge in [0.2, 0.25) is 5.91 Å². The molecule has 1 aliphatic rings. The minimum absolute atomic E-state index is 0.278. The van der Waals surface area contributed by atoms with Crippen LogP contribution in [0.2, 0.25) is 0 Å². The quantitative estimate of drug-likeness (QED) is 0.469. The van der Waals surface area contributed by atoms with E-state index in [0.29, 0.717) is 12.1 Å². The van der Waals surface area contributed by atoms with Gasteiger partial charge in [0.1, 0.15) is 11.8 Å². The molecule has 0 fully saturated rings. The van der Waals surface area contributed by atoms with Crippen molar-refractivity contribution in [2.24, 2.45) is 5.73 Å². The first-order valence-electron chi connectivity index (χ1n) is 10.5. The highest BCUT2D eigenvalue weighted by molar-refractivity contribution is 5.98. The molecule has 8 nitrogen and oxygen atoms in total. The van der Waals surface area contributed by atoms with E-state index in [4.69, 9.17) is 5.73 Å². The van der Waals surface area contributed by atoms with Crippen LogP contribution in [0.5, 0.6) is 0 Å². The number of rotatable bonds is 6. The second kappa shape index (κ2) is 8.47. The lowest BCUT2D eigenvalue weighted by atomic mass is 10.0. The molecule has 0 unspecified atom stereocenters. The van der Waals surface area contributed by atoms with Crippen LogP contribution in [0.15, 0.2) is 48.5 Å². The van der Waals surface area contributed by atoms with Crippen molar-refractivity contribution in [2.45, 2.75) is 38.0 Å². The van der Waals surface area contributed by atoms with Crippen LogP contribution in [0, 0.1) is 6.92 Å². The molecule has 0 aliphatic heterocycles. The van der Waals surface area contributed by atoms with E-state index in [9.17, 15) is 19.5 Å². The van der Waals surface area contributed by atoms with Crippen LogP contribution in [0.1, 0.15) is 39.6 Å². The maximum absolute atomic E-state index is 13.1. The van der Waals surface area contributed by atoms with Gasteiger partial charge in [-0.2, -0.15) is 0 Å². The number of hydrogen-bond acceptors (Lipinski definition) is 4. The summed E-state index contributed by atoms with van der Waals surface area (Å²) >= 11 is 0. The van der Waals surface area contributed by atoms with E-state index < -0.39 is 36.4 Å². The van der Waals surface area contributed by atoms with Crippen LogP contribution in [0.4, 0.5) is 0 Å². The van der Waals surface area contributed by atoms with E-state index in [1.165, 1.54) is 4.90 Å². The number of H-pyrrole nitrogens is 1. The number of amides is 3. The largest absolute Gasteiger partial charge is 0.383 e. The van der Waals surface area contributed by atoms with Gasteiger partial charge < -0.3 is 26.0 Å². The summed E-state index contributed by atoms with van der Waals surface area (Å²) in [4.78, 5) is 41.5. The SMILES string of the molecule is Cc1ccc2[nH]c(C(=O)N[C@@H]3Cc4ccccc4[C@H]3N(C)C(=O)[C@@H](O)CC(N)=O)cc2c1. The van der Waals surface area contributed by atoms with Crippen molar-refractivity contribution >= 4 is 28.6 Å². The number of carbonyl (C=O) groups is 3. The number of carbonyl (C=O) groups excluding carboxylic acids is 3. The van der Waals surface area contributed by atoms with Gasteiger partial charge in [-0.1, -0.05) is 35.9 Å². The van der Waals surface area contributed by atoms with Crippen LogP contribution in [-0.4, -0.2) is 51.9 Å². The molecule has 0 spiro atoms. The van der Waals surface area contributed by atoms with Crippen molar-refractivity contribution in [2.75, 3.05) is 7.05 Å². The first-order chi connectivity index (χ1) is 15.2. The predicted molar refractivity (Wildman–Crippen MR) is 120 cm³/mol. The maximum Gasteiger partial charge on any atom is 0.268 e. The predicted octanol–water partition coefficient (Wildman–Crippen LogP) is 1.57. The number of likely N-dealkylation sites (N-methyl/N-ethyl adjacent to an activating group) is 1. The van der Waals surface area contributed by atoms with E-state index in [2.05, 4.69) is 10.3 Å². The van der Waals surface area contributed by atoms with Gasteiger partial charge in [0.05, 0.1) is 18.5 Å². The van der Waals surface area contributed by atoms with Gasteiger partial charge in [0.15, 0.2) is 0 Å². The second-order valence-corrected chi connectivity index (χ2v) is 8.34. The summed E-state index contributed by atoms with van der Waals surface area (Å²) in [6, 6.07) is 14.5. The summed E-state index contributed by atoms with van der Waals surface area (Å²) in [5.41, 5.74) is 9.44. The zero-order valence-electron chi connectivity index (χ0n) is 18.0. The molecule has 4 rings (SSSR count). The summed E-state index contributed by atoms with van der Waals surface area (Å²) in [5, 5.41) is 14.1. The van der Waals surface area contributed by atoms with Crippen molar-refractivity contribution in [1.29, 1.82) is 0 Å². The summed E-state index contributed by atoms with van der Waals surface area (Å²) in [5.74, 6) is -1.66. The number of fused-ring (bicyclic) bond motifs is 2. The molecule has 3 amide bonds. The fourth-order valence-corrected chi connectivity index (χ4v) is 4.45. The van der Waals surface area contributed by atoms with Crippen molar-refractivity contribution < 1.29 is 19.5 Å². The van der Waals surface area contributed by atoms with E-state index in [1.54, 1.807) is 13.1 Å². The van der Waals surface area contributed by atoms with Crippen LogP contribution in [0.25, 0.3) is 10.9 Å². The Balaban J connectivity index is 1.59. The minimum atomic E-state index is -1.53. The van der Waals surface area contributed by atoms with E-state index >= 15 is 0 Å². The lowest BCUT2D eigenvalue weighted by Crippen LogP contribution is -2.48. The number of aromatic nitrogens is 1. The van der Waals surface area contributed by atoms with Gasteiger partial charge >= 0.3 is 0 Å². The minimum Gasteiger partial charge on any atom is -0.383 e. The maximum atomic E-state index is 13.1. The number of nitrogens with zero attached hydrogens (tertiary/aromatic N) is 1. The Morgan fingerprint density at radius 2 is 1.97 bits per heavy atom. The van der Waals surface area contributed by atoms with Gasteiger partial charge in [-0.15, -0.1) is 0 Å². The molecule has 1 heterocycles. The summed E-state index contributed by atoms with van der Waals surface area (Å²) < 4.78 is 0. The fraction of sp³-hybridized carbons (Fsp3) is 0.292. The molecule has 0 saturated carbocycles. The van der Waals surface area contributed by atoms with Crippen LogP contribution in [0.3, 0.4) is 0 Å². The standard InChI is InChI=1S/C24H26N4O4/c1-13-7-8-17-15(9-13)11-19(26-17)23(31)27-18-10-14-5-3-4-6-16(14)22(18)28(2)24(32)20(29)12-21(25)30/h3-9,11,18,20,22,26,29H,10,12H2,1-2H3,(H2,25,30)(H,27,31)/t18-,20+,22-/m1/s1. The molecular formula is C24H26N4O4. The molecule has 5 N–H and O–H groups in total. The van der Waals surface area contributed by atoms with Crippen molar-refractivity contribution in [3.8, 4) is 0 Å². The van der Waals surface area contributed by atoms with E-state index in [1.807, 2.05) is 49.4 Å². The smallest absolute Gasteiger partial charge is 0.268 e. The Bertz CT molecular complexity index is 1200. The average Bonchev–Trinajstić information content (AvgIpc) is 3.32. The Kier molecular flexibility index (Phi) is 5.71. The third-order valence-electron chi connectivity index (χ3n) is 5.98. The van der Waals surface area contributed by atoms with Gasteiger partial charge in [-0.25, -0.2) is 0 Å². The summed E-state index contributed by atoms with van der Waals surface area (Å²) in [7, 11) is 1.56. The number of aliphatic hydroxyl groups is 1. The molecule has 32 heavy (non-hydrogen) atoms. The normalized spacial score (nSPS) is 18.2. The average molecular weight is 434 g/mol. The second-order valence-electron chi connectivity index (χ2n) is 8.34. The van der Waals surface area contributed by atoms with Gasteiger partial charge in [0, 0.05) is 18.0 Å². The number of hydrogen-bond donors (Lipinski definition) is 4. The number of nitrogens with two attached hydrogens (primary N) is 1. The number of primary amides is 1. The van der Waals surface area contributed by atoms with E-state index in [0.717, 1.165) is 27.6 Å². The molecule has 0 radical (unpaired) electrons. The number of aryl methyl sites for hydroxylation is 1. The topological polar surface area (TPSA) is 129 Å². The fourth-order valence-electron chi connectivity index (χ4n) is 4.45. The molecule has 0 saturated heterocycles. The van der Waals surface area contributed by atoms with Crippen LogP contribution < -0.4 is 11.1 Å². The van der Waals surface area contributed by atoms with Gasteiger partial charge in [0.25, 0.3) is 11.8 Å². The van der Waals surface area contributed by atoms with Crippen molar-refractivity contribution in [3.05, 3.63) is 70.9 Å². The van der Waals surface area contributed by atoms with Crippen LogP contribution in [-0.2, 0) is 16.0 Å². The Morgan fingerprint density at radius 1 is 1.22 bits per heavy atom. The highest BCUT2D eigenvalue weighted by Crippen LogP contribution is 2.36. The van der Waals surface area contributed by atoms with Crippen LogP contribution >= 0.6 is 0 Å². The molecule has 0 bridgehead atoms. The summed E-state index contributed by atoms with van der Waals surface area (Å²) in [6.07, 6.45) is -1.45. The number of benzene rings is 2. The summed E-state index contributed by atoms with van der Waals surface area (Å²) in [6.45, 7) is 1.99. The van der Waals surface area contributed by atoms with Gasteiger partial charge in [-0.3, -0.25) is 14.4 Å². The molecular weight excluding hydrogens is 408 g/mol. The first kappa shape index (κ1) is 21.6. The monoisotopic (exact) mass is 434 g/mol. The zero-order valence-corrected chi connectivity index (χ0v) is 18.0. The highest BCUT2D eigenvalue weighted by Gasteiger charge is 2.39. The van der Waals surface area contributed by atoms with E-state index in [-0.39, 0.29) is 5.91 Å². The first-order valence-corrected chi connectivity index (χ1v) is 10.5. The molecule has 3 aromatic rings. The third-order valence-corrected chi connectivity index (χ3v) is 5.98. The van der Waals surface area contributed by atoms with Gasteiger partial charge in [-0.05, 0) is 42.7 Å². The lowest BCUT2D eigenvalue weighted by molar-refractivity contribution is -0.144. The molecule has 166 valence electrons. The van der Waals surface area contributed by atoms with Crippen molar-refractivity contribution in [3.63, 3.8) is 0 Å². The molecule has 8 heteroatoms. The zero-order chi connectivity index (χ0) is 23.0.